The Morgan fingerprint density at radius 1 is 1.10 bits per heavy atom. The average Bonchev–Trinajstić information content (AvgIpc) is 3.03. The molecule has 1 saturated heterocycles. The number of ether oxygens (including phenoxy) is 3. The molecule has 234 valence electrons. The molecule has 0 amide bonds. The summed E-state index contributed by atoms with van der Waals surface area (Å²) < 4.78 is 79.8. The molecule has 1 aliphatic heterocycles. The number of aromatic nitrogens is 2. The second-order valence-electron chi connectivity index (χ2n) is 9.82. The zero-order valence-corrected chi connectivity index (χ0v) is 24.6. The third kappa shape index (κ3) is 8.21. The molecule has 1 aromatic heterocycles. The van der Waals surface area contributed by atoms with Crippen LogP contribution in [-0.2, 0) is 40.1 Å². The smallest absolute Gasteiger partial charge is 0.330 e. The van der Waals surface area contributed by atoms with E-state index in [0.717, 1.165) is 0 Å². The van der Waals surface area contributed by atoms with Gasteiger partial charge in [0.2, 0.25) is 6.23 Å². The SMILES string of the molecule is CC(C)OC(=O)[C@H](C)NP(=S)(N[C@@H](C)C(=O)OC(C)C)OC[C@@]1(C(F)F)O[C@@H](n2ccc(=O)[nH]c2=O)C(F)(F)[C@@H]1O. The number of H-pyrrole nitrogens is 1. The number of hydrogen-bond acceptors (Lipinski definition) is 10. The number of nitrogens with zero attached hydrogens (tertiary/aromatic N) is 1. The number of aromatic amines is 1. The molecule has 0 bridgehead atoms. The lowest BCUT2D eigenvalue weighted by Crippen LogP contribution is -2.55. The topological polar surface area (TPSA) is 170 Å². The Morgan fingerprint density at radius 3 is 2.00 bits per heavy atom. The number of alkyl halides is 4. The Balaban J connectivity index is 2.45. The molecule has 1 aliphatic rings. The summed E-state index contributed by atoms with van der Waals surface area (Å²) in [6, 6.07) is -1.81. The average molecular weight is 637 g/mol. The van der Waals surface area contributed by atoms with Gasteiger partial charge < -0.3 is 23.8 Å². The van der Waals surface area contributed by atoms with Crippen LogP contribution >= 0.6 is 6.57 Å². The number of hydrogen-bond donors (Lipinski definition) is 4. The molecule has 4 N–H and O–H groups in total. The number of rotatable bonds is 13. The van der Waals surface area contributed by atoms with E-state index < -0.39 is 90.9 Å². The van der Waals surface area contributed by atoms with Crippen molar-refractivity contribution >= 4 is 30.3 Å². The molecule has 19 heteroatoms. The molecule has 1 fully saturated rings. The molecule has 0 spiro atoms. The number of aliphatic hydroxyl groups is 1. The van der Waals surface area contributed by atoms with Gasteiger partial charge in [0.15, 0.2) is 18.3 Å². The molecule has 2 rings (SSSR count). The first kappa shape index (κ1) is 35.0. The predicted octanol–water partition coefficient (Wildman–Crippen LogP) is 1.17. The highest BCUT2D eigenvalue weighted by molar-refractivity contribution is 8.10. The van der Waals surface area contributed by atoms with Crippen LogP contribution in [0.15, 0.2) is 21.9 Å². The molecule has 0 unspecified atom stereocenters. The van der Waals surface area contributed by atoms with Crippen LogP contribution in [0.25, 0.3) is 0 Å². The standard InChI is InChI=1S/C22H33F4N4O9PS/c1-10(2)37-15(32)12(5)28-40(41,29-13(6)16(33)38-11(3)4)36-9-21(18(23)24)17(34)22(25,26)19(39-21)30-8-7-14(31)27-20(30)35/h7-8,10-13,17-19,34H,9H2,1-6H3,(H,27,31,35)(H2,28,29,41)/t12-,13-,17+,19+,21+/m0/s1. The van der Waals surface area contributed by atoms with E-state index >= 15 is 8.78 Å². The van der Waals surface area contributed by atoms with Crippen molar-refractivity contribution in [2.75, 3.05) is 6.61 Å². The molecular formula is C22H33F4N4O9PS. The first-order valence-corrected chi connectivity index (χ1v) is 15.0. The second-order valence-corrected chi connectivity index (χ2v) is 13.2. The molecule has 2 heterocycles. The second kappa shape index (κ2) is 13.4. The van der Waals surface area contributed by atoms with Gasteiger partial charge >= 0.3 is 23.6 Å². The summed E-state index contributed by atoms with van der Waals surface area (Å²) in [4.78, 5) is 49.9. The summed E-state index contributed by atoms with van der Waals surface area (Å²) in [6.45, 7) is 3.36. The number of esters is 2. The number of nitrogens with one attached hydrogen (secondary N) is 3. The van der Waals surface area contributed by atoms with Gasteiger partial charge in [0.1, 0.15) is 12.1 Å². The Morgan fingerprint density at radius 2 is 1.59 bits per heavy atom. The minimum Gasteiger partial charge on any atom is -0.462 e. The van der Waals surface area contributed by atoms with Gasteiger partial charge in [0.05, 0.1) is 18.8 Å². The van der Waals surface area contributed by atoms with Crippen LogP contribution < -0.4 is 21.4 Å². The van der Waals surface area contributed by atoms with Gasteiger partial charge in [-0.15, -0.1) is 0 Å². The summed E-state index contributed by atoms with van der Waals surface area (Å²) in [5, 5.41) is 15.5. The van der Waals surface area contributed by atoms with Gasteiger partial charge in [0.25, 0.3) is 12.0 Å². The molecule has 0 radical (unpaired) electrons. The van der Waals surface area contributed by atoms with Crippen LogP contribution in [0.3, 0.4) is 0 Å². The summed E-state index contributed by atoms with van der Waals surface area (Å²) >= 11 is 5.43. The zero-order valence-electron chi connectivity index (χ0n) is 22.9. The highest BCUT2D eigenvalue weighted by Gasteiger charge is 2.71. The Hall–Kier alpha value is -2.21. The quantitative estimate of drug-likeness (QED) is 0.139. The van der Waals surface area contributed by atoms with Gasteiger partial charge in [-0.25, -0.2) is 23.7 Å². The maximum atomic E-state index is 15.1. The van der Waals surface area contributed by atoms with E-state index in [1.54, 1.807) is 32.7 Å². The first-order valence-electron chi connectivity index (χ1n) is 12.3. The van der Waals surface area contributed by atoms with Crippen LogP contribution in [-0.4, -0.2) is 81.5 Å². The number of carbonyl (C=O) groups is 2. The predicted molar refractivity (Wildman–Crippen MR) is 139 cm³/mol. The van der Waals surface area contributed by atoms with E-state index in [2.05, 4.69) is 10.2 Å². The third-order valence-electron chi connectivity index (χ3n) is 5.57. The van der Waals surface area contributed by atoms with Crippen molar-refractivity contribution in [1.29, 1.82) is 0 Å². The molecule has 13 nitrogen and oxygen atoms in total. The van der Waals surface area contributed by atoms with E-state index in [1.807, 2.05) is 0 Å². The summed E-state index contributed by atoms with van der Waals surface area (Å²) in [7, 11) is 0. The van der Waals surface area contributed by atoms with E-state index in [0.29, 0.717) is 12.3 Å². The van der Waals surface area contributed by atoms with Gasteiger partial charge in [-0.05, 0) is 53.3 Å². The molecule has 41 heavy (non-hydrogen) atoms. The minimum atomic E-state index is -4.49. The van der Waals surface area contributed by atoms with Gasteiger partial charge in [0, 0.05) is 12.3 Å². The maximum absolute atomic E-state index is 15.1. The van der Waals surface area contributed by atoms with Gasteiger partial charge in [-0.2, -0.15) is 8.78 Å². The fraction of sp³-hybridized carbons (Fsp3) is 0.727. The van der Waals surface area contributed by atoms with E-state index in [-0.39, 0.29) is 4.57 Å². The number of aliphatic hydroxyl groups excluding tert-OH is 1. The van der Waals surface area contributed by atoms with Crippen molar-refractivity contribution in [1.82, 2.24) is 19.7 Å². The lowest BCUT2D eigenvalue weighted by molar-refractivity contribution is -0.191. The van der Waals surface area contributed by atoms with Crippen molar-refractivity contribution in [2.45, 2.75) is 96.1 Å². The fourth-order valence-corrected chi connectivity index (χ4v) is 6.54. The van der Waals surface area contributed by atoms with Crippen molar-refractivity contribution in [2.24, 2.45) is 0 Å². The maximum Gasteiger partial charge on any atom is 0.330 e. The fourth-order valence-electron chi connectivity index (χ4n) is 3.60. The monoisotopic (exact) mass is 636 g/mol. The van der Waals surface area contributed by atoms with Crippen LogP contribution in [0.1, 0.15) is 47.8 Å². The summed E-state index contributed by atoms with van der Waals surface area (Å²) in [5.41, 5.74) is -5.83. The molecule has 0 aliphatic carbocycles. The van der Waals surface area contributed by atoms with Crippen molar-refractivity contribution < 1.29 is 51.0 Å². The normalized spacial score (nSPS) is 24.0. The summed E-state index contributed by atoms with van der Waals surface area (Å²) in [5.74, 6) is -6.16. The highest BCUT2D eigenvalue weighted by atomic mass is 32.4. The van der Waals surface area contributed by atoms with Gasteiger partial charge in [-0.1, -0.05) is 0 Å². The zero-order chi connectivity index (χ0) is 31.5. The van der Waals surface area contributed by atoms with Crippen molar-refractivity contribution in [3.63, 3.8) is 0 Å². The Labute approximate surface area is 237 Å². The lowest BCUT2D eigenvalue weighted by atomic mass is 9.96. The molecule has 1 aromatic rings. The van der Waals surface area contributed by atoms with Gasteiger partial charge in [-0.3, -0.25) is 23.9 Å². The van der Waals surface area contributed by atoms with E-state index in [4.69, 9.17) is 30.5 Å². The van der Waals surface area contributed by atoms with E-state index in [9.17, 15) is 33.1 Å². The van der Waals surface area contributed by atoms with Crippen molar-refractivity contribution in [3.8, 4) is 0 Å². The summed E-state index contributed by atoms with van der Waals surface area (Å²) in [6.07, 6.45) is -10.4. The molecule has 0 aromatic carbocycles. The molecule has 0 saturated carbocycles. The number of carbonyl (C=O) groups excluding carboxylic acids is 2. The first-order chi connectivity index (χ1) is 18.8. The Bertz CT molecular complexity index is 1230. The van der Waals surface area contributed by atoms with E-state index in [1.165, 1.54) is 13.8 Å². The van der Waals surface area contributed by atoms with Crippen molar-refractivity contribution in [3.05, 3.63) is 33.1 Å². The minimum absolute atomic E-state index is 0.134. The molecule has 5 atom stereocenters. The lowest BCUT2D eigenvalue weighted by Gasteiger charge is -2.35. The van der Waals surface area contributed by atoms with Crippen LogP contribution in [0.4, 0.5) is 17.6 Å². The van der Waals surface area contributed by atoms with Crippen LogP contribution in [0.2, 0.25) is 0 Å². The third-order valence-corrected chi connectivity index (χ3v) is 8.47. The Kier molecular flexibility index (Phi) is 11.4. The van der Waals surface area contributed by atoms with Crippen LogP contribution in [0, 0.1) is 0 Å². The highest BCUT2D eigenvalue weighted by Crippen LogP contribution is 2.52. The van der Waals surface area contributed by atoms with Crippen LogP contribution in [0.5, 0.6) is 0 Å². The number of halogens is 4. The molecular weight excluding hydrogens is 603 g/mol. The largest absolute Gasteiger partial charge is 0.462 e.